The van der Waals surface area contributed by atoms with Gasteiger partial charge in [0.15, 0.2) is 6.61 Å². The van der Waals surface area contributed by atoms with Crippen molar-refractivity contribution in [1.82, 2.24) is 4.90 Å². The van der Waals surface area contributed by atoms with E-state index >= 15 is 0 Å². The molecule has 1 aromatic rings. The molecule has 0 saturated heterocycles. The minimum atomic E-state index is 0.0194. The van der Waals surface area contributed by atoms with Gasteiger partial charge in [0.25, 0.3) is 5.91 Å². The van der Waals surface area contributed by atoms with Crippen LogP contribution in [0.2, 0.25) is 0 Å². The fourth-order valence-corrected chi connectivity index (χ4v) is 2.17. The van der Waals surface area contributed by atoms with Gasteiger partial charge in [-0.1, -0.05) is 25.1 Å². The number of carbonyl (C=O) groups excluding carboxylic acids is 1. The van der Waals surface area contributed by atoms with Gasteiger partial charge in [-0.2, -0.15) is 0 Å². The van der Waals surface area contributed by atoms with Crippen molar-refractivity contribution in [2.75, 3.05) is 20.2 Å². The van der Waals surface area contributed by atoms with Crippen molar-refractivity contribution in [2.45, 2.75) is 19.9 Å². The van der Waals surface area contributed by atoms with Crippen molar-refractivity contribution in [3.05, 3.63) is 29.8 Å². The molecule has 0 spiro atoms. The van der Waals surface area contributed by atoms with Gasteiger partial charge in [0.2, 0.25) is 0 Å². The molecule has 2 atom stereocenters. The van der Waals surface area contributed by atoms with E-state index in [9.17, 15) is 4.79 Å². The summed E-state index contributed by atoms with van der Waals surface area (Å²) in [7, 11) is 1.84. The van der Waals surface area contributed by atoms with Crippen molar-refractivity contribution >= 4 is 5.91 Å². The van der Waals surface area contributed by atoms with E-state index in [4.69, 9.17) is 10.5 Å². The summed E-state index contributed by atoms with van der Waals surface area (Å²) < 4.78 is 5.57. The highest BCUT2D eigenvalue weighted by Gasteiger charge is 2.34. The maximum atomic E-state index is 12.0. The molecule has 1 amide bonds. The highest BCUT2D eigenvalue weighted by Crippen LogP contribution is 2.37. The van der Waals surface area contributed by atoms with Crippen molar-refractivity contribution < 1.29 is 9.53 Å². The minimum Gasteiger partial charge on any atom is -0.483 e. The predicted octanol–water partition coefficient (Wildman–Crippen LogP) is 1.64. The zero-order chi connectivity index (χ0) is 13.8. The fraction of sp³-hybridized carbons (Fsp3) is 0.533. The number of hydrogen-bond acceptors (Lipinski definition) is 3. The van der Waals surface area contributed by atoms with E-state index in [-0.39, 0.29) is 12.5 Å². The van der Waals surface area contributed by atoms with Gasteiger partial charge in [-0.3, -0.25) is 4.79 Å². The molecule has 0 aromatic heterocycles. The molecular formula is C15H22N2O2. The Morgan fingerprint density at radius 1 is 1.47 bits per heavy atom. The van der Waals surface area contributed by atoms with Crippen molar-refractivity contribution in [3.8, 4) is 5.75 Å². The number of amides is 1. The molecule has 2 N–H and O–H groups in total. The van der Waals surface area contributed by atoms with Crippen LogP contribution in [-0.2, 0) is 11.3 Å². The van der Waals surface area contributed by atoms with E-state index in [0.29, 0.717) is 18.2 Å². The molecule has 0 heterocycles. The Labute approximate surface area is 114 Å². The van der Waals surface area contributed by atoms with E-state index < -0.39 is 0 Å². The van der Waals surface area contributed by atoms with Crippen LogP contribution < -0.4 is 10.5 Å². The lowest BCUT2D eigenvalue weighted by molar-refractivity contribution is -0.132. The fourth-order valence-electron chi connectivity index (χ4n) is 2.17. The molecule has 1 aliphatic rings. The van der Waals surface area contributed by atoms with Crippen LogP contribution in [0.1, 0.15) is 18.9 Å². The Morgan fingerprint density at radius 2 is 2.16 bits per heavy atom. The molecule has 2 unspecified atom stereocenters. The lowest BCUT2D eigenvalue weighted by atomic mass is 10.2. The number of ether oxygens (including phenoxy) is 1. The largest absolute Gasteiger partial charge is 0.483 e. The Balaban J connectivity index is 1.82. The summed E-state index contributed by atoms with van der Waals surface area (Å²) in [6.45, 7) is 3.55. The smallest absolute Gasteiger partial charge is 0.260 e. The number of likely N-dealkylation sites (N-methyl/N-ethyl adjacent to an activating group) is 1. The Bertz CT molecular complexity index is 448. The second kappa shape index (κ2) is 6.06. The van der Waals surface area contributed by atoms with E-state index in [1.807, 2.05) is 31.3 Å². The van der Waals surface area contributed by atoms with Crippen LogP contribution in [0.5, 0.6) is 5.75 Å². The van der Waals surface area contributed by atoms with Gasteiger partial charge in [-0.25, -0.2) is 0 Å². The van der Waals surface area contributed by atoms with Gasteiger partial charge in [-0.05, 0) is 24.3 Å². The summed E-state index contributed by atoms with van der Waals surface area (Å²) in [5.74, 6) is 2.15. The van der Waals surface area contributed by atoms with Crippen molar-refractivity contribution in [1.29, 1.82) is 0 Å². The first-order chi connectivity index (χ1) is 9.11. The Kier molecular flexibility index (Phi) is 4.43. The molecule has 19 heavy (non-hydrogen) atoms. The van der Waals surface area contributed by atoms with E-state index in [0.717, 1.165) is 18.0 Å². The average Bonchev–Trinajstić information content (AvgIpc) is 3.11. The van der Waals surface area contributed by atoms with Crippen LogP contribution >= 0.6 is 0 Å². The number of nitrogens with zero attached hydrogens (tertiary/aromatic N) is 1. The number of benzene rings is 1. The summed E-state index contributed by atoms with van der Waals surface area (Å²) in [5.41, 5.74) is 6.56. The topological polar surface area (TPSA) is 55.6 Å². The molecule has 104 valence electrons. The monoisotopic (exact) mass is 262 g/mol. The molecule has 0 radical (unpaired) electrons. The zero-order valence-electron chi connectivity index (χ0n) is 11.6. The molecular weight excluding hydrogens is 240 g/mol. The zero-order valence-corrected chi connectivity index (χ0v) is 11.6. The van der Waals surface area contributed by atoms with Gasteiger partial charge < -0.3 is 15.4 Å². The van der Waals surface area contributed by atoms with E-state index in [1.54, 1.807) is 4.90 Å². The molecule has 4 heteroatoms. The van der Waals surface area contributed by atoms with Gasteiger partial charge in [0.1, 0.15) is 5.75 Å². The standard InChI is InChI=1S/C15H22N2O2/c1-11-7-13(11)9-17(2)15(18)10-19-14-6-4-3-5-12(14)8-16/h3-6,11,13H,7-10,16H2,1-2H3. The van der Waals surface area contributed by atoms with Crippen LogP contribution in [0, 0.1) is 11.8 Å². The third kappa shape index (κ3) is 3.70. The first kappa shape index (κ1) is 13.9. The molecule has 0 aliphatic heterocycles. The van der Waals surface area contributed by atoms with Crippen LogP contribution in [-0.4, -0.2) is 31.0 Å². The quantitative estimate of drug-likeness (QED) is 0.848. The number of hydrogen-bond donors (Lipinski definition) is 1. The van der Waals surface area contributed by atoms with Crippen LogP contribution in [0.4, 0.5) is 0 Å². The predicted molar refractivity (Wildman–Crippen MR) is 74.7 cm³/mol. The highest BCUT2D eigenvalue weighted by atomic mass is 16.5. The molecule has 1 saturated carbocycles. The van der Waals surface area contributed by atoms with E-state index in [1.165, 1.54) is 6.42 Å². The summed E-state index contributed by atoms with van der Waals surface area (Å²) in [5, 5.41) is 0. The highest BCUT2D eigenvalue weighted by molar-refractivity contribution is 5.77. The van der Waals surface area contributed by atoms with Gasteiger partial charge in [0, 0.05) is 25.7 Å². The molecule has 2 rings (SSSR count). The minimum absolute atomic E-state index is 0.0194. The van der Waals surface area contributed by atoms with E-state index in [2.05, 4.69) is 6.92 Å². The Hall–Kier alpha value is -1.55. The van der Waals surface area contributed by atoms with Crippen LogP contribution in [0.15, 0.2) is 24.3 Å². The van der Waals surface area contributed by atoms with Crippen molar-refractivity contribution in [3.63, 3.8) is 0 Å². The lowest BCUT2D eigenvalue weighted by Gasteiger charge is -2.18. The van der Waals surface area contributed by atoms with Crippen molar-refractivity contribution in [2.24, 2.45) is 17.6 Å². The average molecular weight is 262 g/mol. The number of rotatable bonds is 6. The normalized spacial score (nSPS) is 21.0. The van der Waals surface area contributed by atoms with Crippen LogP contribution in [0.25, 0.3) is 0 Å². The van der Waals surface area contributed by atoms with Gasteiger partial charge in [0.05, 0.1) is 0 Å². The first-order valence-electron chi connectivity index (χ1n) is 6.76. The maximum Gasteiger partial charge on any atom is 0.260 e. The summed E-state index contributed by atoms with van der Waals surface area (Å²) >= 11 is 0. The molecule has 1 fully saturated rings. The summed E-state index contributed by atoms with van der Waals surface area (Å²) in [6.07, 6.45) is 1.23. The molecule has 0 bridgehead atoms. The third-order valence-corrected chi connectivity index (χ3v) is 3.75. The number of carbonyl (C=O) groups is 1. The number of nitrogens with two attached hydrogens (primary N) is 1. The third-order valence-electron chi connectivity index (χ3n) is 3.75. The Morgan fingerprint density at radius 3 is 2.79 bits per heavy atom. The first-order valence-corrected chi connectivity index (χ1v) is 6.76. The lowest BCUT2D eigenvalue weighted by Crippen LogP contribution is -2.33. The second-order valence-electron chi connectivity index (χ2n) is 5.35. The van der Waals surface area contributed by atoms with Gasteiger partial charge in [-0.15, -0.1) is 0 Å². The van der Waals surface area contributed by atoms with Gasteiger partial charge >= 0.3 is 0 Å². The molecule has 4 nitrogen and oxygen atoms in total. The second-order valence-corrected chi connectivity index (χ2v) is 5.35. The summed E-state index contributed by atoms with van der Waals surface area (Å²) in [4.78, 5) is 13.7. The van der Waals surface area contributed by atoms with Crippen LogP contribution in [0.3, 0.4) is 0 Å². The summed E-state index contributed by atoms with van der Waals surface area (Å²) in [6, 6.07) is 7.56. The molecule has 1 aliphatic carbocycles. The molecule has 1 aromatic carbocycles. The SMILES string of the molecule is CC1CC1CN(C)C(=O)COc1ccccc1CN. The number of para-hydroxylation sites is 1. The maximum absolute atomic E-state index is 12.0.